The van der Waals surface area contributed by atoms with Gasteiger partial charge in [-0.15, -0.1) is 0 Å². The Kier molecular flexibility index (Phi) is 3.47. The van der Waals surface area contributed by atoms with Crippen molar-refractivity contribution in [2.24, 2.45) is 11.1 Å². The Balaban J connectivity index is 2.43. The van der Waals surface area contributed by atoms with E-state index in [2.05, 4.69) is 10.5 Å². The van der Waals surface area contributed by atoms with Crippen molar-refractivity contribution < 1.29 is 9.32 Å². The molecule has 0 bridgehead atoms. The lowest BCUT2D eigenvalue weighted by molar-refractivity contribution is -0.124. The second-order valence-corrected chi connectivity index (χ2v) is 4.54. The Hall–Kier alpha value is -1.36. The summed E-state index contributed by atoms with van der Waals surface area (Å²) < 4.78 is 4.84. The maximum Gasteiger partial charge on any atom is 0.237 e. The number of rotatable bonds is 3. The number of carbonyl (C=O) groups excluding carboxylic acids is 1. The van der Waals surface area contributed by atoms with Crippen LogP contribution < -0.4 is 11.1 Å². The van der Waals surface area contributed by atoms with Gasteiger partial charge in [-0.2, -0.15) is 0 Å². The van der Waals surface area contributed by atoms with Crippen molar-refractivity contribution in [3.63, 3.8) is 0 Å². The number of nitrogens with two attached hydrogens (primary N) is 1. The Morgan fingerprint density at radius 2 is 2.33 bits per heavy atom. The van der Waals surface area contributed by atoms with Crippen LogP contribution in [0.5, 0.6) is 0 Å². The van der Waals surface area contributed by atoms with Crippen molar-refractivity contribution >= 4 is 5.91 Å². The third-order valence-corrected chi connectivity index (χ3v) is 2.14. The Morgan fingerprint density at radius 1 is 1.67 bits per heavy atom. The minimum atomic E-state index is -0.527. The zero-order chi connectivity index (χ0) is 11.5. The Bertz CT molecular complexity index is 314. The SMILES string of the molecule is CC(C)(C)[C@H](N)C(=O)NCc1ccno1. The van der Waals surface area contributed by atoms with Crippen molar-refractivity contribution in [1.82, 2.24) is 10.5 Å². The van der Waals surface area contributed by atoms with E-state index in [0.29, 0.717) is 12.3 Å². The number of nitrogens with one attached hydrogen (secondary N) is 1. The number of carbonyl (C=O) groups is 1. The van der Waals surface area contributed by atoms with Gasteiger partial charge in [-0.1, -0.05) is 25.9 Å². The molecule has 1 heterocycles. The van der Waals surface area contributed by atoms with Crippen LogP contribution in [-0.4, -0.2) is 17.1 Å². The number of nitrogens with zero attached hydrogens (tertiary/aromatic N) is 1. The molecule has 0 aliphatic heterocycles. The topological polar surface area (TPSA) is 81.2 Å². The molecule has 0 aliphatic carbocycles. The second kappa shape index (κ2) is 4.44. The quantitative estimate of drug-likeness (QED) is 0.769. The van der Waals surface area contributed by atoms with Gasteiger partial charge in [0, 0.05) is 6.07 Å². The summed E-state index contributed by atoms with van der Waals surface area (Å²) in [5.74, 6) is 0.434. The first-order chi connectivity index (χ1) is 6.91. The normalized spacial score (nSPS) is 13.6. The molecule has 84 valence electrons. The number of amides is 1. The van der Waals surface area contributed by atoms with E-state index in [1.165, 1.54) is 6.20 Å². The van der Waals surface area contributed by atoms with E-state index < -0.39 is 6.04 Å². The van der Waals surface area contributed by atoms with Crippen LogP contribution in [0.3, 0.4) is 0 Å². The first-order valence-electron chi connectivity index (χ1n) is 4.84. The molecule has 0 aromatic carbocycles. The van der Waals surface area contributed by atoms with Gasteiger partial charge in [0.15, 0.2) is 5.76 Å². The first kappa shape index (κ1) is 11.7. The third kappa shape index (κ3) is 3.36. The molecule has 1 atom stereocenters. The van der Waals surface area contributed by atoms with E-state index in [-0.39, 0.29) is 11.3 Å². The van der Waals surface area contributed by atoms with Crippen LogP contribution >= 0.6 is 0 Å². The molecule has 5 heteroatoms. The van der Waals surface area contributed by atoms with Crippen molar-refractivity contribution in [1.29, 1.82) is 0 Å². The molecule has 1 rings (SSSR count). The monoisotopic (exact) mass is 211 g/mol. The van der Waals surface area contributed by atoms with Crippen LogP contribution in [0.4, 0.5) is 0 Å². The fourth-order valence-corrected chi connectivity index (χ4v) is 1.01. The van der Waals surface area contributed by atoms with Crippen LogP contribution in [-0.2, 0) is 11.3 Å². The van der Waals surface area contributed by atoms with E-state index in [1.54, 1.807) is 6.07 Å². The van der Waals surface area contributed by atoms with Gasteiger partial charge in [0.2, 0.25) is 5.91 Å². The lowest BCUT2D eigenvalue weighted by atomic mass is 9.87. The van der Waals surface area contributed by atoms with Gasteiger partial charge in [0.25, 0.3) is 0 Å². The van der Waals surface area contributed by atoms with E-state index in [4.69, 9.17) is 10.3 Å². The first-order valence-corrected chi connectivity index (χ1v) is 4.84. The molecule has 3 N–H and O–H groups in total. The van der Waals surface area contributed by atoms with E-state index in [9.17, 15) is 4.79 Å². The second-order valence-electron chi connectivity index (χ2n) is 4.54. The van der Waals surface area contributed by atoms with Gasteiger partial charge in [0.1, 0.15) is 0 Å². The highest BCUT2D eigenvalue weighted by molar-refractivity contribution is 5.82. The van der Waals surface area contributed by atoms with Gasteiger partial charge in [-0.25, -0.2) is 0 Å². The predicted molar refractivity (Wildman–Crippen MR) is 55.8 cm³/mol. The smallest absolute Gasteiger partial charge is 0.237 e. The van der Waals surface area contributed by atoms with Crippen molar-refractivity contribution in [3.8, 4) is 0 Å². The van der Waals surface area contributed by atoms with E-state index >= 15 is 0 Å². The fourth-order valence-electron chi connectivity index (χ4n) is 1.01. The molecular weight excluding hydrogens is 194 g/mol. The number of hydrogen-bond acceptors (Lipinski definition) is 4. The van der Waals surface area contributed by atoms with Gasteiger partial charge < -0.3 is 15.6 Å². The van der Waals surface area contributed by atoms with E-state index in [1.807, 2.05) is 20.8 Å². The molecule has 1 amide bonds. The molecule has 0 saturated carbocycles. The summed E-state index contributed by atoms with van der Waals surface area (Å²) in [6.45, 7) is 6.09. The minimum absolute atomic E-state index is 0.182. The Labute approximate surface area is 89.0 Å². The highest BCUT2D eigenvalue weighted by Crippen LogP contribution is 2.17. The maximum absolute atomic E-state index is 11.6. The third-order valence-electron chi connectivity index (χ3n) is 2.14. The van der Waals surface area contributed by atoms with E-state index in [0.717, 1.165) is 0 Å². The lowest BCUT2D eigenvalue weighted by Crippen LogP contribution is -2.48. The molecule has 0 saturated heterocycles. The summed E-state index contributed by atoms with van der Waals surface area (Å²) in [4.78, 5) is 11.6. The zero-order valence-corrected chi connectivity index (χ0v) is 9.28. The average molecular weight is 211 g/mol. The van der Waals surface area contributed by atoms with Gasteiger partial charge in [-0.3, -0.25) is 4.79 Å². The fraction of sp³-hybridized carbons (Fsp3) is 0.600. The highest BCUT2D eigenvalue weighted by Gasteiger charge is 2.27. The lowest BCUT2D eigenvalue weighted by Gasteiger charge is -2.25. The summed E-state index contributed by atoms with van der Waals surface area (Å²) in [5, 5.41) is 6.23. The molecular formula is C10H17N3O2. The molecule has 0 fully saturated rings. The molecule has 0 radical (unpaired) electrons. The molecule has 0 spiro atoms. The number of hydrogen-bond donors (Lipinski definition) is 2. The summed E-state index contributed by atoms with van der Waals surface area (Å²) >= 11 is 0. The Morgan fingerprint density at radius 3 is 2.80 bits per heavy atom. The zero-order valence-electron chi connectivity index (χ0n) is 9.28. The average Bonchev–Trinajstić information content (AvgIpc) is 2.63. The van der Waals surface area contributed by atoms with Crippen LogP contribution in [0.2, 0.25) is 0 Å². The molecule has 1 aromatic rings. The van der Waals surface area contributed by atoms with Gasteiger partial charge in [-0.05, 0) is 5.41 Å². The predicted octanol–water partition coefficient (Wildman–Crippen LogP) is 0.664. The van der Waals surface area contributed by atoms with Gasteiger partial charge >= 0.3 is 0 Å². The summed E-state index contributed by atoms with van der Waals surface area (Å²) in [6, 6.07) is 1.17. The molecule has 0 unspecified atom stereocenters. The van der Waals surface area contributed by atoms with Crippen LogP contribution in [0.1, 0.15) is 26.5 Å². The van der Waals surface area contributed by atoms with Crippen molar-refractivity contribution in [2.75, 3.05) is 0 Å². The molecule has 1 aromatic heterocycles. The maximum atomic E-state index is 11.6. The van der Waals surface area contributed by atoms with Crippen molar-refractivity contribution in [2.45, 2.75) is 33.4 Å². The molecule has 15 heavy (non-hydrogen) atoms. The minimum Gasteiger partial charge on any atom is -0.360 e. The molecule has 0 aliphatic rings. The highest BCUT2D eigenvalue weighted by atomic mass is 16.5. The van der Waals surface area contributed by atoms with Crippen LogP contribution in [0, 0.1) is 5.41 Å². The van der Waals surface area contributed by atoms with Crippen LogP contribution in [0.25, 0.3) is 0 Å². The standard InChI is InChI=1S/C10H17N3O2/c1-10(2,3)8(11)9(14)12-6-7-4-5-13-15-7/h4-5,8H,6,11H2,1-3H3,(H,12,14)/t8-/m1/s1. The molecule has 5 nitrogen and oxygen atoms in total. The summed E-state index contributed by atoms with van der Waals surface area (Å²) in [5.41, 5.74) is 5.53. The summed E-state index contributed by atoms with van der Waals surface area (Å²) in [7, 11) is 0. The largest absolute Gasteiger partial charge is 0.360 e. The number of aromatic nitrogens is 1. The van der Waals surface area contributed by atoms with Crippen molar-refractivity contribution in [3.05, 3.63) is 18.0 Å². The van der Waals surface area contributed by atoms with Gasteiger partial charge in [0.05, 0.1) is 18.8 Å². The van der Waals surface area contributed by atoms with Crippen LogP contribution in [0.15, 0.2) is 16.8 Å². The summed E-state index contributed by atoms with van der Waals surface area (Å²) in [6.07, 6.45) is 1.53.